The quantitative estimate of drug-likeness (QED) is 0.347. The van der Waals surface area contributed by atoms with Gasteiger partial charge in [-0.2, -0.15) is 0 Å². The lowest BCUT2D eigenvalue weighted by Gasteiger charge is -2.34. The molecule has 0 unspecified atom stereocenters. The Morgan fingerprint density at radius 3 is 2.58 bits per heavy atom. The summed E-state index contributed by atoms with van der Waals surface area (Å²) in [5.74, 6) is 0.962. The molecule has 150 valence electrons. The molecule has 0 bridgehead atoms. The highest BCUT2D eigenvalue weighted by atomic mass is 127. The van der Waals surface area contributed by atoms with Gasteiger partial charge in [0.1, 0.15) is 0 Å². The van der Waals surface area contributed by atoms with Gasteiger partial charge in [0, 0.05) is 38.8 Å². The van der Waals surface area contributed by atoms with Crippen LogP contribution in [0.1, 0.15) is 33.6 Å². The molecule has 0 aromatic carbocycles. The minimum atomic E-state index is 0. The van der Waals surface area contributed by atoms with Gasteiger partial charge in [-0.15, -0.1) is 35.3 Å². The summed E-state index contributed by atoms with van der Waals surface area (Å²) >= 11 is 1.83. The monoisotopic (exact) mass is 493 g/mol. The smallest absolute Gasteiger partial charge is 0.191 e. The summed E-state index contributed by atoms with van der Waals surface area (Å²) in [4.78, 5) is 9.58. The molecule has 5 nitrogen and oxygen atoms in total. The summed E-state index contributed by atoms with van der Waals surface area (Å²) in [5, 5.41) is 10.6. The fourth-order valence-electron chi connectivity index (χ4n) is 3.41. The molecule has 1 aromatic heterocycles. The second kappa shape index (κ2) is 11.3. The number of halogens is 1. The summed E-state index contributed by atoms with van der Waals surface area (Å²) in [6.07, 6.45) is 2.31. The average Bonchev–Trinajstić information content (AvgIpc) is 3.07. The van der Waals surface area contributed by atoms with Crippen molar-refractivity contribution in [1.82, 2.24) is 15.5 Å². The van der Waals surface area contributed by atoms with Crippen LogP contribution in [-0.2, 0) is 0 Å². The molecule has 7 heteroatoms. The molecule has 1 aromatic rings. The molecule has 0 spiro atoms. The molecule has 2 N–H and O–H groups in total. The maximum absolute atomic E-state index is 4.86. The van der Waals surface area contributed by atoms with Gasteiger partial charge in [0.2, 0.25) is 0 Å². The van der Waals surface area contributed by atoms with Gasteiger partial charge in [-0.25, -0.2) is 0 Å². The van der Waals surface area contributed by atoms with Gasteiger partial charge in [-0.05, 0) is 56.8 Å². The maximum atomic E-state index is 4.86. The average molecular weight is 494 g/mol. The molecule has 0 radical (unpaired) electrons. The number of thiophene rings is 1. The summed E-state index contributed by atoms with van der Waals surface area (Å²) in [5.41, 5.74) is 0.175. The summed E-state index contributed by atoms with van der Waals surface area (Å²) in [6, 6.07) is 4.86. The molecule has 0 atom stereocenters. The van der Waals surface area contributed by atoms with Crippen molar-refractivity contribution in [2.24, 2.45) is 10.4 Å². The number of hydrogen-bond donors (Lipinski definition) is 2. The third-order valence-corrected chi connectivity index (χ3v) is 5.34. The second-order valence-corrected chi connectivity index (χ2v) is 8.88. The van der Waals surface area contributed by atoms with Crippen LogP contribution in [0.2, 0.25) is 0 Å². The van der Waals surface area contributed by atoms with Crippen LogP contribution in [-0.4, -0.2) is 63.7 Å². The van der Waals surface area contributed by atoms with E-state index in [2.05, 4.69) is 72.8 Å². The van der Waals surface area contributed by atoms with Crippen LogP contribution in [0.3, 0.4) is 0 Å². The predicted molar refractivity (Wildman–Crippen MR) is 126 cm³/mol. The van der Waals surface area contributed by atoms with Crippen molar-refractivity contribution in [3.8, 4) is 0 Å². The predicted octanol–water partition coefficient (Wildman–Crippen LogP) is 3.48. The lowest BCUT2D eigenvalue weighted by Crippen LogP contribution is -2.49. The Bertz CT molecular complexity index is 522. The molecule has 1 fully saturated rings. The first kappa shape index (κ1) is 23.5. The van der Waals surface area contributed by atoms with Gasteiger partial charge in [-0.1, -0.05) is 13.8 Å². The van der Waals surface area contributed by atoms with E-state index in [1.54, 1.807) is 0 Å². The lowest BCUT2D eigenvalue weighted by atomic mass is 9.93. The van der Waals surface area contributed by atoms with Crippen molar-refractivity contribution >= 4 is 46.3 Å². The standard InChI is InChI=1S/C19H35N5S.HI/c1-6-20-18(21-14-19(2,3)15-23(4)5)22-16-9-11-24(12-10-16)17-8-7-13-25-17;/h7-8,13,16H,6,9-12,14-15H2,1-5H3,(H2,20,21,22);1H. The molecule has 2 heterocycles. The van der Waals surface area contributed by atoms with Crippen LogP contribution in [0, 0.1) is 5.41 Å². The number of nitrogens with one attached hydrogen (secondary N) is 2. The molecule has 0 amide bonds. The Labute approximate surface area is 180 Å². The van der Waals surface area contributed by atoms with E-state index in [9.17, 15) is 0 Å². The zero-order chi connectivity index (χ0) is 18.3. The van der Waals surface area contributed by atoms with Crippen molar-refractivity contribution in [3.63, 3.8) is 0 Å². The SMILES string of the molecule is CCNC(=NCC(C)(C)CN(C)C)NC1CCN(c2cccs2)CC1.I. The molecular formula is C19H36IN5S. The molecule has 0 aliphatic carbocycles. The summed E-state index contributed by atoms with van der Waals surface area (Å²) in [6.45, 7) is 11.7. The van der Waals surface area contributed by atoms with Crippen LogP contribution in [0.4, 0.5) is 5.00 Å². The van der Waals surface area contributed by atoms with Gasteiger partial charge < -0.3 is 20.4 Å². The summed E-state index contributed by atoms with van der Waals surface area (Å²) in [7, 11) is 4.24. The Kier molecular flexibility index (Phi) is 10.2. The van der Waals surface area contributed by atoms with Crippen LogP contribution >= 0.6 is 35.3 Å². The van der Waals surface area contributed by atoms with E-state index < -0.39 is 0 Å². The minimum absolute atomic E-state index is 0. The van der Waals surface area contributed by atoms with Crippen molar-refractivity contribution in [3.05, 3.63) is 17.5 Å². The first-order valence-electron chi connectivity index (χ1n) is 9.37. The van der Waals surface area contributed by atoms with Crippen LogP contribution in [0.15, 0.2) is 22.5 Å². The van der Waals surface area contributed by atoms with Gasteiger partial charge in [-0.3, -0.25) is 4.99 Å². The highest BCUT2D eigenvalue weighted by molar-refractivity contribution is 14.0. The van der Waals surface area contributed by atoms with Crippen molar-refractivity contribution < 1.29 is 0 Å². The Morgan fingerprint density at radius 2 is 2.04 bits per heavy atom. The molecular weight excluding hydrogens is 457 g/mol. The second-order valence-electron chi connectivity index (χ2n) is 7.95. The van der Waals surface area contributed by atoms with E-state index in [1.807, 2.05) is 11.3 Å². The highest BCUT2D eigenvalue weighted by Crippen LogP contribution is 2.24. The summed E-state index contributed by atoms with van der Waals surface area (Å²) < 4.78 is 0. The van der Waals surface area contributed by atoms with E-state index in [0.717, 1.165) is 51.5 Å². The Hall–Kier alpha value is -0.540. The largest absolute Gasteiger partial charge is 0.363 e. The Morgan fingerprint density at radius 1 is 1.35 bits per heavy atom. The van der Waals surface area contributed by atoms with Gasteiger partial charge in [0.15, 0.2) is 5.96 Å². The molecule has 0 saturated carbocycles. The van der Waals surface area contributed by atoms with E-state index in [1.165, 1.54) is 5.00 Å². The zero-order valence-corrected chi connectivity index (χ0v) is 20.1. The van der Waals surface area contributed by atoms with E-state index in [4.69, 9.17) is 4.99 Å². The minimum Gasteiger partial charge on any atom is -0.363 e. The number of hydrogen-bond acceptors (Lipinski definition) is 4. The topological polar surface area (TPSA) is 42.9 Å². The number of piperidine rings is 1. The third-order valence-electron chi connectivity index (χ3n) is 4.41. The van der Waals surface area contributed by atoms with E-state index in [-0.39, 0.29) is 29.4 Å². The fraction of sp³-hybridized carbons (Fsp3) is 0.737. The molecule has 1 aliphatic heterocycles. The van der Waals surface area contributed by atoms with Crippen molar-refractivity contribution in [1.29, 1.82) is 0 Å². The third kappa shape index (κ3) is 8.00. The zero-order valence-electron chi connectivity index (χ0n) is 16.9. The van der Waals surface area contributed by atoms with E-state index >= 15 is 0 Å². The molecule has 1 aliphatic rings. The van der Waals surface area contributed by atoms with Gasteiger partial charge in [0.05, 0.1) is 5.00 Å². The number of anilines is 1. The van der Waals surface area contributed by atoms with Crippen molar-refractivity contribution in [2.75, 3.05) is 51.7 Å². The number of rotatable bonds is 7. The first-order valence-corrected chi connectivity index (χ1v) is 10.3. The van der Waals surface area contributed by atoms with Gasteiger partial charge in [0.25, 0.3) is 0 Å². The number of aliphatic imine (C=N–C) groups is 1. The fourth-order valence-corrected chi connectivity index (χ4v) is 4.19. The van der Waals surface area contributed by atoms with E-state index in [0.29, 0.717) is 6.04 Å². The molecule has 2 rings (SSSR count). The molecule has 26 heavy (non-hydrogen) atoms. The van der Waals surface area contributed by atoms with Crippen LogP contribution in [0.25, 0.3) is 0 Å². The molecule has 1 saturated heterocycles. The van der Waals surface area contributed by atoms with Gasteiger partial charge >= 0.3 is 0 Å². The lowest BCUT2D eigenvalue weighted by molar-refractivity contribution is 0.248. The number of nitrogens with zero attached hydrogens (tertiary/aromatic N) is 3. The number of guanidine groups is 1. The van der Waals surface area contributed by atoms with Crippen LogP contribution < -0.4 is 15.5 Å². The van der Waals surface area contributed by atoms with Crippen molar-refractivity contribution in [2.45, 2.75) is 39.7 Å². The first-order chi connectivity index (χ1) is 11.9. The Balaban J connectivity index is 0.00000338. The normalized spacial score (nSPS) is 16.5. The van der Waals surface area contributed by atoms with Crippen LogP contribution in [0.5, 0.6) is 0 Å². The maximum Gasteiger partial charge on any atom is 0.191 e. The highest BCUT2D eigenvalue weighted by Gasteiger charge is 2.22.